The maximum atomic E-state index is 10.1. The largest absolute Gasteiger partial charge is 0.463 e. The second-order valence-corrected chi connectivity index (χ2v) is 3.68. The van der Waals surface area contributed by atoms with Crippen LogP contribution in [0.5, 0.6) is 0 Å². The molecule has 0 aromatic heterocycles. The predicted molar refractivity (Wildman–Crippen MR) is 73.4 cm³/mol. The fourth-order valence-corrected chi connectivity index (χ4v) is 1.55. The van der Waals surface area contributed by atoms with Gasteiger partial charge in [-0.25, -0.2) is 0 Å². The summed E-state index contributed by atoms with van der Waals surface area (Å²) in [5.74, 6) is 0. The van der Waals surface area contributed by atoms with E-state index >= 15 is 0 Å². The molecule has 1 aromatic carbocycles. The summed E-state index contributed by atoms with van der Waals surface area (Å²) in [6.07, 6.45) is 5.49. The maximum Gasteiger partial charge on any atom is 0.293 e. The number of rotatable bonds is 6. The van der Waals surface area contributed by atoms with Gasteiger partial charge >= 0.3 is 0 Å². The Morgan fingerprint density at radius 1 is 1.39 bits per heavy atom. The van der Waals surface area contributed by atoms with Gasteiger partial charge in [0.25, 0.3) is 6.47 Å². The molecule has 18 heavy (non-hydrogen) atoms. The molecule has 0 saturated heterocycles. The van der Waals surface area contributed by atoms with Crippen molar-refractivity contribution in [2.24, 2.45) is 5.73 Å². The van der Waals surface area contributed by atoms with Crippen molar-refractivity contribution in [3.63, 3.8) is 0 Å². The number of carbonyl (C=O) groups excluding carboxylic acids is 1. The molecule has 3 nitrogen and oxygen atoms in total. The second kappa shape index (κ2) is 7.12. The van der Waals surface area contributed by atoms with Gasteiger partial charge in [0.1, 0.15) is 6.61 Å². The Hall–Kier alpha value is -2.29. The summed E-state index contributed by atoms with van der Waals surface area (Å²) in [6, 6.07) is 7.68. The van der Waals surface area contributed by atoms with Gasteiger partial charge in [0, 0.05) is 11.3 Å². The molecule has 0 bridgehead atoms. The molecule has 94 valence electrons. The van der Waals surface area contributed by atoms with Crippen LogP contribution >= 0.6 is 0 Å². The Balaban J connectivity index is 3.01. The van der Waals surface area contributed by atoms with Crippen molar-refractivity contribution in [3.05, 3.63) is 65.9 Å². The number of hydrogen-bond acceptors (Lipinski definition) is 3. The van der Waals surface area contributed by atoms with Gasteiger partial charge in [0.05, 0.1) is 0 Å². The summed E-state index contributed by atoms with van der Waals surface area (Å²) in [7, 11) is 0. The molecule has 3 heteroatoms. The van der Waals surface area contributed by atoms with E-state index in [1.807, 2.05) is 43.3 Å². The van der Waals surface area contributed by atoms with Crippen molar-refractivity contribution in [1.29, 1.82) is 0 Å². The zero-order valence-corrected chi connectivity index (χ0v) is 10.4. The number of allylic oxidation sites excluding steroid dienone is 4. The lowest BCUT2D eigenvalue weighted by Gasteiger charge is -2.07. The average molecular weight is 243 g/mol. The molecular weight excluding hydrogens is 226 g/mol. The van der Waals surface area contributed by atoms with Crippen LogP contribution in [0.1, 0.15) is 18.1 Å². The van der Waals surface area contributed by atoms with Crippen LogP contribution in [-0.4, -0.2) is 6.47 Å². The van der Waals surface area contributed by atoms with Crippen LogP contribution in [0, 0.1) is 0 Å². The van der Waals surface area contributed by atoms with E-state index in [0.29, 0.717) is 12.2 Å². The first kappa shape index (κ1) is 13.8. The van der Waals surface area contributed by atoms with E-state index in [-0.39, 0.29) is 6.61 Å². The molecule has 0 radical (unpaired) electrons. The maximum absolute atomic E-state index is 10.1. The minimum absolute atomic E-state index is 0.281. The van der Waals surface area contributed by atoms with Gasteiger partial charge in [-0.05, 0) is 24.1 Å². The molecule has 0 aliphatic carbocycles. The number of ether oxygens (including phenoxy) is 1. The van der Waals surface area contributed by atoms with Crippen molar-refractivity contribution < 1.29 is 9.53 Å². The van der Waals surface area contributed by atoms with Crippen molar-refractivity contribution >= 4 is 12.0 Å². The lowest BCUT2D eigenvalue weighted by atomic mass is 10.0. The van der Waals surface area contributed by atoms with Gasteiger partial charge in [0.2, 0.25) is 0 Å². The van der Waals surface area contributed by atoms with E-state index < -0.39 is 0 Å². The fraction of sp³-hybridized carbons (Fsp3) is 0.133. The summed E-state index contributed by atoms with van der Waals surface area (Å²) in [6.45, 7) is 6.33. The summed E-state index contributed by atoms with van der Waals surface area (Å²) in [5, 5.41) is 0. The number of carbonyl (C=O) groups is 1. The Morgan fingerprint density at radius 2 is 2.06 bits per heavy atom. The predicted octanol–water partition coefficient (Wildman–Crippen LogP) is 2.79. The van der Waals surface area contributed by atoms with Crippen LogP contribution in [-0.2, 0) is 16.1 Å². The first-order valence-electron chi connectivity index (χ1n) is 5.62. The first-order chi connectivity index (χ1) is 8.72. The first-order valence-corrected chi connectivity index (χ1v) is 5.62. The normalized spacial score (nSPS) is 12.1. The van der Waals surface area contributed by atoms with Crippen LogP contribution < -0.4 is 5.73 Å². The molecule has 1 aromatic rings. The third kappa shape index (κ3) is 3.63. The van der Waals surface area contributed by atoms with E-state index in [2.05, 4.69) is 11.3 Å². The van der Waals surface area contributed by atoms with Crippen molar-refractivity contribution in [2.75, 3.05) is 0 Å². The van der Waals surface area contributed by atoms with Crippen LogP contribution in [0.3, 0.4) is 0 Å². The van der Waals surface area contributed by atoms with E-state index in [4.69, 9.17) is 5.73 Å². The number of benzene rings is 1. The quantitative estimate of drug-likeness (QED) is 0.617. The molecule has 0 saturated carbocycles. The smallest absolute Gasteiger partial charge is 0.293 e. The molecule has 0 fully saturated rings. The van der Waals surface area contributed by atoms with Crippen LogP contribution in [0.15, 0.2) is 54.8 Å². The molecule has 1 rings (SSSR count). The molecule has 0 heterocycles. The standard InChI is InChI=1S/C15H17NO2/c1-3-5-14(15(16)4-2)13-8-6-12(7-9-13)10-18-11-17/h3-9,11H,2,10,16H2,1H3/b5-3-,15-14-. The fourth-order valence-electron chi connectivity index (χ4n) is 1.55. The van der Waals surface area contributed by atoms with Crippen molar-refractivity contribution in [3.8, 4) is 0 Å². The lowest BCUT2D eigenvalue weighted by Crippen LogP contribution is -1.98. The van der Waals surface area contributed by atoms with Gasteiger partial charge in [-0.1, -0.05) is 43.0 Å². The highest BCUT2D eigenvalue weighted by Crippen LogP contribution is 2.19. The van der Waals surface area contributed by atoms with Crippen molar-refractivity contribution in [1.82, 2.24) is 0 Å². The van der Waals surface area contributed by atoms with E-state index in [1.165, 1.54) is 0 Å². The lowest BCUT2D eigenvalue weighted by molar-refractivity contribution is -0.129. The Bertz CT molecular complexity index is 470. The molecule has 0 spiro atoms. The van der Waals surface area contributed by atoms with Gasteiger partial charge in [-0.15, -0.1) is 0 Å². The monoisotopic (exact) mass is 243 g/mol. The second-order valence-electron chi connectivity index (χ2n) is 3.68. The van der Waals surface area contributed by atoms with E-state index in [9.17, 15) is 4.79 Å². The summed E-state index contributed by atoms with van der Waals surface area (Å²) < 4.78 is 4.69. The number of hydrogen-bond donors (Lipinski definition) is 1. The van der Waals surface area contributed by atoms with Gasteiger partial charge in [-0.2, -0.15) is 0 Å². The molecular formula is C15H17NO2. The zero-order valence-electron chi connectivity index (χ0n) is 10.4. The van der Waals surface area contributed by atoms with E-state index in [0.717, 1.165) is 16.7 Å². The highest BCUT2D eigenvalue weighted by molar-refractivity contribution is 5.77. The Kier molecular flexibility index (Phi) is 5.45. The molecule has 0 unspecified atom stereocenters. The van der Waals surface area contributed by atoms with Crippen LogP contribution in [0.2, 0.25) is 0 Å². The Labute approximate surface area is 107 Å². The molecule has 0 aliphatic heterocycles. The Morgan fingerprint density at radius 3 is 2.56 bits per heavy atom. The molecule has 0 atom stereocenters. The molecule has 2 N–H and O–H groups in total. The van der Waals surface area contributed by atoms with Gasteiger partial charge in [0.15, 0.2) is 0 Å². The highest BCUT2D eigenvalue weighted by Gasteiger charge is 2.02. The van der Waals surface area contributed by atoms with Crippen LogP contribution in [0.25, 0.3) is 5.57 Å². The minimum atomic E-state index is 0.281. The van der Waals surface area contributed by atoms with Gasteiger partial charge in [-0.3, -0.25) is 4.79 Å². The average Bonchev–Trinajstić information content (AvgIpc) is 2.42. The SMILES string of the molecule is C=C/C(N)=C(\C=C/C)c1ccc(COC=O)cc1. The minimum Gasteiger partial charge on any atom is -0.463 e. The zero-order chi connectivity index (χ0) is 13.4. The summed E-state index contributed by atoms with van der Waals surface area (Å²) >= 11 is 0. The third-order valence-corrected chi connectivity index (χ3v) is 2.45. The highest BCUT2D eigenvalue weighted by atomic mass is 16.5. The summed E-state index contributed by atoms with van der Waals surface area (Å²) in [4.78, 5) is 10.1. The number of nitrogens with two attached hydrogens (primary N) is 1. The molecule has 0 aliphatic rings. The van der Waals surface area contributed by atoms with E-state index in [1.54, 1.807) is 6.08 Å². The third-order valence-electron chi connectivity index (χ3n) is 2.45. The summed E-state index contributed by atoms with van der Waals surface area (Å²) in [5.41, 5.74) is 9.38. The van der Waals surface area contributed by atoms with Crippen molar-refractivity contribution in [2.45, 2.75) is 13.5 Å². The van der Waals surface area contributed by atoms with Gasteiger partial charge < -0.3 is 10.5 Å². The molecule has 0 amide bonds. The topological polar surface area (TPSA) is 52.3 Å². The van der Waals surface area contributed by atoms with Crippen LogP contribution in [0.4, 0.5) is 0 Å².